The summed E-state index contributed by atoms with van der Waals surface area (Å²) in [6, 6.07) is 11.3. The quantitative estimate of drug-likeness (QED) is 0.663. The van der Waals surface area contributed by atoms with Gasteiger partial charge in [0.1, 0.15) is 12.0 Å². The van der Waals surface area contributed by atoms with E-state index in [4.69, 9.17) is 0 Å². The summed E-state index contributed by atoms with van der Waals surface area (Å²) in [5.74, 6) is 0.104. The van der Waals surface area contributed by atoms with Crippen molar-refractivity contribution < 1.29 is 9.90 Å². The molecule has 0 saturated carbocycles. The molecule has 0 fully saturated rings. The van der Waals surface area contributed by atoms with Crippen LogP contribution in [0.1, 0.15) is 39.5 Å². The van der Waals surface area contributed by atoms with Crippen LogP contribution >= 0.6 is 0 Å². The summed E-state index contributed by atoms with van der Waals surface area (Å²) in [7, 11) is 0. The first-order valence-electron chi connectivity index (χ1n) is 6.68. The van der Waals surface area contributed by atoms with Crippen LogP contribution in [0.25, 0.3) is 12.2 Å². The first kappa shape index (κ1) is 14.1. The summed E-state index contributed by atoms with van der Waals surface area (Å²) in [6.45, 7) is 4.21. The highest BCUT2D eigenvalue weighted by atomic mass is 16.3. The highest BCUT2D eigenvalue weighted by molar-refractivity contribution is 5.79. The van der Waals surface area contributed by atoms with Crippen molar-refractivity contribution in [2.75, 3.05) is 0 Å². The zero-order valence-corrected chi connectivity index (χ0v) is 11.8. The van der Waals surface area contributed by atoms with Crippen molar-refractivity contribution >= 4 is 18.4 Å². The van der Waals surface area contributed by atoms with Crippen LogP contribution in [0.5, 0.6) is 5.75 Å². The lowest BCUT2D eigenvalue weighted by molar-refractivity contribution is 0.112. The Morgan fingerprint density at radius 3 is 2.25 bits per heavy atom. The van der Waals surface area contributed by atoms with Gasteiger partial charge in [0.2, 0.25) is 0 Å². The van der Waals surface area contributed by atoms with Gasteiger partial charge in [-0.2, -0.15) is 0 Å². The molecule has 2 rings (SSSR count). The number of benzene rings is 2. The molecule has 2 aromatic carbocycles. The molecule has 0 aliphatic rings. The van der Waals surface area contributed by atoms with Crippen molar-refractivity contribution in [3.8, 4) is 5.75 Å². The summed E-state index contributed by atoms with van der Waals surface area (Å²) in [4.78, 5) is 10.8. The van der Waals surface area contributed by atoms with E-state index in [9.17, 15) is 9.90 Å². The van der Waals surface area contributed by atoms with Gasteiger partial charge in [-0.1, -0.05) is 42.8 Å². The molecular weight excluding hydrogens is 248 g/mol. The van der Waals surface area contributed by atoms with E-state index in [1.165, 1.54) is 17.2 Å². The number of hydrogen-bond donors (Lipinski definition) is 1. The van der Waals surface area contributed by atoms with Gasteiger partial charge in [0, 0.05) is 5.56 Å². The van der Waals surface area contributed by atoms with Crippen molar-refractivity contribution in [3.63, 3.8) is 0 Å². The van der Waals surface area contributed by atoms with Gasteiger partial charge >= 0.3 is 0 Å². The number of phenolic OH excluding ortho intramolecular Hbond substituents is 1. The number of aromatic hydroxyl groups is 1. The number of hydrogen-bond acceptors (Lipinski definition) is 2. The molecule has 0 atom stereocenters. The monoisotopic (exact) mass is 266 g/mol. The van der Waals surface area contributed by atoms with Gasteiger partial charge in [-0.15, -0.1) is 0 Å². The van der Waals surface area contributed by atoms with Crippen LogP contribution in [-0.2, 0) is 6.42 Å². The lowest BCUT2D eigenvalue weighted by Crippen LogP contribution is -1.85. The van der Waals surface area contributed by atoms with E-state index in [-0.39, 0.29) is 5.75 Å². The predicted octanol–water partition coefficient (Wildman–Crippen LogP) is 4.25. The van der Waals surface area contributed by atoms with Crippen molar-refractivity contribution in [2.45, 2.75) is 20.3 Å². The molecule has 0 heterocycles. The van der Waals surface area contributed by atoms with E-state index in [1.54, 1.807) is 12.1 Å². The summed E-state index contributed by atoms with van der Waals surface area (Å²) in [5.41, 5.74) is 4.94. The van der Waals surface area contributed by atoms with E-state index in [0.717, 1.165) is 23.8 Å². The van der Waals surface area contributed by atoms with E-state index < -0.39 is 0 Å². The van der Waals surface area contributed by atoms with E-state index in [2.05, 4.69) is 32.0 Å². The Kier molecular flexibility index (Phi) is 4.36. The molecule has 20 heavy (non-hydrogen) atoms. The molecule has 0 bridgehead atoms. The Balaban J connectivity index is 2.31. The normalized spacial score (nSPS) is 10.9. The van der Waals surface area contributed by atoms with Crippen LogP contribution in [0.3, 0.4) is 0 Å². The molecule has 0 radical (unpaired) electrons. The number of carbonyl (C=O) groups is 1. The smallest absolute Gasteiger partial charge is 0.150 e. The topological polar surface area (TPSA) is 37.3 Å². The fourth-order valence-corrected chi connectivity index (χ4v) is 2.21. The first-order chi connectivity index (χ1) is 9.60. The molecule has 0 aliphatic carbocycles. The fraction of sp³-hybridized carbons (Fsp3) is 0.167. The molecule has 0 aliphatic heterocycles. The maximum absolute atomic E-state index is 10.8. The van der Waals surface area contributed by atoms with Crippen LogP contribution in [0.2, 0.25) is 0 Å². The third-order valence-corrected chi connectivity index (χ3v) is 3.13. The first-order valence-corrected chi connectivity index (χ1v) is 6.68. The summed E-state index contributed by atoms with van der Waals surface area (Å²) in [5, 5.41) is 9.56. The van der Waals surface area contributed by atoms with Crippen LogP contribution in [0.15, 0.2) is 36.4 Å². The minimum absolute atomic E-state index is 0.104. The maximum Gasteiger partial charge on any atom is 0.150 e. The van der Waals surface area contributed by atoms with Gasteiger partial charge < -0.3 is 5.11 Å². The molecule has 102 valence electrons. The van der Waals surface area contributed by atoms with Crippen LogP contribution in [0.4, 0.5) is 0 Å². The van der Waals surface area contributed by atoms with Crippen LogP contribution in [-0.4, -0.2) is 11.4 Å². The molecular formula is C18H18O2. The SMILES string of the molecule is CCc1cc(C)cc(C=Cc2cc(O)cc(C=O)c2)c1. The molecule has 1 N–H and O–H groups in total. The standard InChI is InChI=1S/C18H18O2/c1-3-14-6-13(2)7-15(8-14)4-5-16-9-17(12-19)11-18(20)10-16/h4-12,20H,3H2,1-2H3. The summed E-state index contributed by atoms with van der Waals surface area (Å²) >= 11 is 0. The molecule has 0 amide bonds. The second-order valence-electron chi connectivity index (χ2n) is 4.91. The van der Waals surface area contributed by atoms with Crippen molar-refractivity contribution in [1.82, 2.24) is 0 Å². The second kappa shape index (κ2) is 6.20. The van der Waals surface area contributed by atoms with Crippen molar-refractivity contribution in [2.24, 2.45) is 0 Å². The molecule has 2 aromatic rings. The van der Waals surface area contributed by atoms with Gasteiger partial charge in [-0.25, -0.2) is 0 Å². The highest BCUT2D eigenvalue weighted by Crippen LogP contribution is 2.18. The van der Waals surface area contributed by atoms with E-state index in [1.807, 2.05) is 12.2 Å². The average Bonchev–Trinajstić information content (AvgIpc) is 2.44. The van der Waals surface area contributed by atoms with E-state index >= 15 is 0 Å². The molecule has 0 unspecified atom stereocenters. The lowest BCUT2D eigenvalue weighted by atomic mass is 10.0. The van der Waals surface area contributed by atoms with Gasteiger partial charge in [0.05, 0.1) is 0 Å². The largest absolute Gasteiger partial charge is 0.508 e. The maximum atomic E-state index is 10.8. The molecule has 0 spiro atoms. The number of phenols is 1. The van der Waals surface area contributed by atoms with Crippen molar-refractivity contribution in [1.29, 1.82) is 0 Å². The van der Waals surface area contributed by atoms with Gasteiger partial charge in [-0.3, -0.25) is 4.79 Å². The van der Waals surface area contributed by atoms with Crippen LogP contribution in [0, 0.1) is 6.92 Å². The average molecular weight is 266 g/mol. The van der Waals surface area contributed by atoms with Gasteiger partial charge in [0.25, 0.3) is 0 Å². The van der Waals surface area contributed by atoms with Gasteiger partial charge in [-0.05, 0) is 48.2 Å². The summed E-state index contributed by atoms with van der Waals surface area (Å²) < 4.78 is 0. The third-order valence-electron chi connectivity index (χ3n) is 3.13. The Morgan fingerprint density at radius 2 is 1.60 bits per heavy atom. The van der Waals surface area contributed by atoms with E-state index in [0.29, 0.717) is 5.56 Å². The second-order valence-corrected chi connectivity index (χ2v) is 4.91. The summed E-state index contributed by atoms with van der Waals surface area (Å²) in [6.07, 6.45) is 5.64. The zero-order valence-electron chi connectivity index (χ0n) is 11.8. The minimum Gasteiger partial charge on any atom is -0.508 e. The Hall–Kier alpha value is -2.35. The number of aryl methyl sites for hydroxylation is 2. The Morgan fingerprint density at radius 1 is 0.950 bits per heavy atom. The van der Waals surface area contributed by atoms with Crippen molar-refractivity contribution in [3.05, 3.63) is 64.2 Å². The highest BCUT2D eigenvalue weighted by Gasteiger charge is 1.98. The van der Waals surface area contributed by atoms with Crippen LogP contribution < -0.4 is 0 Å². The third kappa shape index (κ3) is 3.58. The fourth-order valence-electron chi connectivity index (χ4n) is 2.21. The molecule has 0 saturated heterocycles. The molecule has 2 heteroatoms. The zero-order chi connectivity index (χ0) is 14.5. The lowest BCUT2D eigenvalue weighted by Gasteiger charge is -2.03. The molecule has 2 nitrogen and oxygen atoms in total. The number of carbonyl (C=O) groups excluding carboxylic acids is 1. The minimum atomic E-state index is 0.104. The van der Waals surface area contributed by atoms with Gasteiger partial charge in [0.15, 0.2) is 0 Å². The Labute approximate surface area is 119 Å². The Bertz CT molecular complexity index is 654. The number of rotatable bonds is 4. The number of aldehydes is 1. The molecule has 0 aromatic heterocycles. The predicted molar refractivity (Wildman–Crippen MR) is 83.0 cm³/mol.